The summed E-state index contributed by atoms with van der Waals surface area (Å²) in [7, 11) is -3.91. The Hall–Kier alpha value is -2.88. The standard InChI is InChI=1S/C22H21ClN2O6S/c1-2-30-22(27)20-19(16-6-3-4-8-18(16)31-20)24-21(26)17-7-5-13-25(17)32(28,29)15-11-9-14(23)10-12-15/h3-4,6,8-12,17H,2,5,7,13H2,1H3,(H,24,26)/t17-/m1/s1. The van der Waals surface area contributed by atoms with Gasteiger partial charge in [0.25, 0.3) is 0 Å². The van der Waals surface area contributed by atoms with E-state index >= 15 is 0 Å². The van der Waals surface area contributed by atoms with E-state index in [-0.39, 0.29) is 29.5 Å². The van der Waals surface area contributed by atoms with Gasteiger partial charge in [-0.25, -0.2) is 13.2 Å². The zero-order chi connectivity index (χ0) is 22.9. The molecule has 1 aliphatic heterocycles. The lowest BCUT2D eigenvalue weighted by Gasteiger charge is -2.23. The van der Waals surface area contributed by atoms with Crippen molar-refractivity contribution in [3.8, 4) is 0 Å². The molecule has 0 radical (unpaired) electrons. The highest BCUT2D eigenvalue weighted by Gasteiger charge is 2.40. The highest BCUT2D eigenvalue weighted by atomic mass is 35.5. The molecular formula is C22H21ClN2O6S. The Labute approximate surface area is 190 Å². The zero-order valence-corrected chi connectivity index (χ0v) is 18.8. The van der Waals surface area contributed by atoms with Crippen LogP contribution in [0.3, 0.4) is 0 Å². The summed E-state index contributed by atoms with van der Waals surface area (Å²) in [6.07, 6.45) is 0.880. The molecule has 1 fully saturated rings. The number of hydrogen-bond donors (Lipinski definition) is 1. The second-order valence-corrected chi connectivity index (χ2v) is 9.57. The molecule has 1 aliphatic rings. The van der Waals surface area contributed by atoms with E-state index in [1.165, 1.54) is 28.6 Å². The van der Waals surface area contributed by atoms with Gasteiger partial charge >= 0.3 is 5.97 Å². The van der Waals surface area contributed by atoms with Gasteiger partial charge in [0.1, 0.15) is 17.3 Å². The molecule has 1 atom stereocenters. The first-order chi connectivity index (χ1) is 15.3. The van der Waals surface area contributed by atoms with Gasteiger partial charge in [-0.2, -0.15) is 4.31 Å². The van der Waals surface area contributed by atoms with E-state index < -0.39 is 27.9 Å². The summed E-state index contributed by atoms with van der Waals surface area (Å²) in [6, 6.07) is 11.7. The van der Waals surface area contributed by atoms with Crippen LogP contribution < -0.4 is 5.32 Å². The predicted octanol–water partition coefficient (Wildman–Crippen LogP) is 4.05. The number of para-hydroxylation sites is 1. The van der Waals surface area contributed by atoms with Gasteiger partial charge in [-0.15, -0.1) is 0 Å². The third-order valence-corrected chi connectivity index (χ3v) is 7.41. The molecule has 4 rings (SSSR count). The van der Waals surface area contributed by atoms with Crippen molar-refractivity contribution in [2.75, 3.05) is 18.5 Å². The number of anilines is 1. The van der Waals surface area contributed by atoms with Crippen LogP contribution in [0.15, 0.2) is 57.8 Å². The molecule has 2 aromatic carbocycles. The van der Waals surface area contributed by atoms with Crippen LogP contribution in [0.25, 0.3) is 11.0 Å². The van der Waals surface area contributed by atoms with E-state index in [1.807, 2.05) is 0 Å². The molecular weight excluding hydrogens is 456 g/mol. The van der Waals surface area contributed by atoms with Gasteiger partial charge < -0.3 is 14.5 Å². The maximum Gasteiger partial charge on any atom is 0.376 e. The van der Waals surface area contributed by atoms with E-state index in [0.29, 0.717) is 28.8 Å². The lowest BCUT2D eigenvalue weighted by molar-refractivity contribution is -0.119. The Morgan fingerprint density at radius 1 is 1.19 bits per heavy atom. The second kappa shape index (κ2) is 8.93. The Balaban J connectivity index is 1.65. The van der Waals surface area contributed by atoms with Gasteiger partial charge in [-0.3, -0.25) is 4.79 Å². The maximum atomic E-state index is 13.2. The van der Waals surface area contributed by atoms with Crippen LogP contribution in [0.5, 0.6) is 0 Å². The van der Waals surface area contributed by atoms with Gasteiger partial charge in [-0.05, 0) is 56.2 Å². The average molecular weight is 477 g/mol. The van der Waals surface area contributed by atoms with Crippen LogP contribution in [-0.2, 0) is 19.6 Å². The lowest BCUT2D eigenvalue weighted by Crippen LogP contribution is -2.43. The number of hydrogen-bond acceptors (Lipinski definition) is 6. The van der Waals surface area contributed by atoms with Crippen LogP contribution in [0.1, 0.15) is 30.3 Å². The molecule has 1 aromatic heterocycles. The van der Waals surface area contributed by atoms with E-state index in [0.717, 1.165) is 0 Å². The molecule has 10 heteroatoms. The Kier molecular flexibility index (Phi) is 6.23. The molecule has 1 amide bonds. The SMILES string of the molecule is CCOC(=O)c1oc2ccccc2c1NC(=O)[C@H]1CCCN1S(=O)(=O)c1ccc(Cl)cc1. The van der Waals surface area contributed by atoms with Crippen LogP contribution in [0.4, 0.5) is 5.69 Å². The van der Waals surface area contributed by atoms with Crippen molar-refractivity contribution < 1.29 is 27.2 Å². The van der Waals surface area contributed by atoms with Crippen LogP contribution in [0.2, 0.25) is 5.02 Å². The first kappa shape index (κ1) is 22.3. The van der Waals surface area contributed by atoms with Crippen LogP contribution >= 0.6 is 11.6 Å². The van der Waals surface area contributed by atoms with Crippen molar-refractivity contribution in [1.82, 2.24) is 4.31 Å². The monoisotopic (exact) mass is 476 g/mol. The summed E-state index contributed by atoms with van der Waals surface area (Å²) in [6.45, 7) is 2.01. The lowest BCUT2D eigenvalue weighted by atomic mass is 10.2. The Bertz CT molecular complexity index is 1270. The maximum absolute atomic E-state index is 13.2. The van der Waals surface area contributed by atoms with E-state index in [2.05, 4.69) is 5.32 Å². The van der Waals surface area contributed by atoms with Crippen molar-refractivity contribution >= 4 is 50.2 Å². The van der Waals surface area contributed by atoms with Crippen LogP contribution in [-0.4, -0.2) is 43.8 Å². The zero-order valence-electron chi connectivity index (χ0n) is 17.2. The molecule has 0 spiro atoms. The number of fused-ring (bicyclic) bond motifs is 1. The number of rotatable bonds is 6. The number of carbonyl (C=O) groups excluding carboxylic acids is 2. The van der Waals surface area contributed by atoms with Crippen LogP contribution in [0, 0.1) is 0 Å². The van der Waals surface area contributed by atoms with Crippen molar-refractivity contribution in [3.63, 3.8) is 0 Å². The fourth-order valence-corrected chi connectivity index (χ4v) is 5.53. The van der Waals surface area contributed by atoms with Crippen molar-refractivity contribution in [3.05, 3.63) is 59.3 Å². The minimum absolute atomic E-state index is 0.0579. The molecule has 0 saturated carbocycles. The largest absolute Gasteiger partial charge is 0.460 e. The van der Waals surface area contributed by atoms with Gasteiger partial charge in [0.15, 0.2) is 0 Å². The summed E-state index contributed by atoms with van der Waals surface area (Å²) < 4.78 is 38.1. The molecule has 0 aliphatic carbocycles. The molecule has 3 aromatic rings. The first-order valence-electron chi connectivity index (χ1n) is 10.1. The van der Waals surface area contributed by atoms with Crippen molar-refractivity contribution in [1.29, 1.82) is 0 Å². The minimum atomic E-state index is -3.91. The van der Waals surface area contributed by atoms with E-state index in [9.17, 15) is 18.0 Å². The summed E-state index contributed by atoms with van der Waals surface area (Å²) in [5, 5.41) is 3.65. The fraction of sp³-hybridized carbons (Fsp3) is 0.273. The van der Waals surface area contributed by atoms with Crippen molar-refractivity contribution in [2.24, 2.45) is 0 Å². The normalized spacial score (nSPS) is 16.9. The van der Waals surface area contributed by atoms with Crippen molar-refractivity contribution in [2.45, 2.75) is 30.7 Å². The summed E-state index contributed by atoms with van der Waals surface area (Å²) in [5.74, 6) is -1.39. The smallest absolute Gasteiger partial charge is 0.376 e. The first-order valence-corrected chi connectivity index (χ1v) is 11.9. The van der Waals surface area contributed by atoms with Gasteiger partial charge in [0.05, 0.1) is 11.5 Å². The minimum Gasteiger partial charge on any atom is -0.460 e. The number of esters is 1. The molecule has 1 saturated heterocycles. The number of halogens is 1. The average Bonchev–Trinajstić information content (AvgIpc) is 3.40. The number of carbonyl (C=O) groups is 2. The highest BCUT2D eigenvalue weighted by Crippen LogP contribution is 2.33. The van der Waals surface area contributed by atoms with Gasteiger partial charge in [0, 0.05) is 17.0 Å². The third-order valence-electron chi connectivity index (χ3n) is 5.23. The molecule has 168 valence electrons. The summed E-state index contributed by atoms with van der Waals surface area (Å²) >= 11 is 5.87. The van der Waals surface area contributed by atoms with Gasteiger partial charge in [0.2, 0.25) is 21.7 Å². The number of benzene rings is 2. The Morgan fingerprint density at radius 3 is 2.62 bits per heavy atom. The van der Waals surface area contributed by atoms with E-state index in [1.54, 1.807) is 31.2 Å². The number of amides is 1. The molecule has 32 heavy (non-hydrogen) atoms. The van der Waals surface area contributed by atoms with Gasteiger partial charge in [-0.1, -0.05) is 23.7 Å². The molecule has 0 bridgehead atoms. The third kappa shape index (κ3) is 4.11. The highest BCUT2D eigenvalue weighted by molar-refractivity contribution is 7.89. The van der Waals surface area contributed by atoms with E-state index in [4.69, 9.17) is 20.8 Å². The second-order valence-electron chi connectivity index (χ2n) is 7.24. The number of furan rings is 1. The molecule has 2 heterocycles. The molecule has 1 N–H and O–H groups in total. The molecule has 0 unspecified atom stereocenters. The number of nitrogens with zero attached hydrogens (tertiary/aromatic N) is 1. The predicted molar refractivity (Wildman–Crippen MR) is 119 cm³/mol. The summed E-state index contributed by atoms with van der Waals surface area (Å²) in [4.78, 5) is 25.6. The quantitative estimate of drug-likeness (QED) is 0.538. The number of nitrogens with one attached hydrogen (secondary N) is 1. The topological polar surface area (TPSA) is 106 Å². The summed E-state index contributed by atoms with van der Waals surface area (Å²) in [5.41, 5.74) is 0.572. The number of sulfonamides is 1. The molecule has 8 nitrogen and oxygen atoms in total. The number of ether oxygens (including phenoxy) is 1. The Morgan fingerprint density at radius 2 is 1.91 bits per heavy atom. The fourth-order valence-electron chi connectivity index (χ4n) is 3.75.